The van der Waals surface area contributed by atoms with Gasteiger partial charge in [0.25, 0.3) is 0 Å². The number of benzene rings is 2. The first kappa shape index (κ1) is 15.8. The number of carbonyl (C=O) groups is 1. The van der Waals surface area contributed by atoms with E-state index in [9.17, 15) is 9.18 Å². The van der Waals surface area contributed by atoms with Crippen LogP contribution in [0.1, 0.15) is 30.0 Å². The summed E-state index contributed by atoms with van der Waals surface area (Å²) in [5.74, 6) is -0.497. The molecule has 0 radical (unpaired) electrons. The summed E-state index contributed by atoms with van der Waals surface area (Å²) in [7, 11) is 0. The van der Waals surface area contributed by atoms with Crippen LogP contribution in [0.25, 0.3) is 0 Å². The summed E-state index contributed by atoms with van der Waals surface area (Å²) in [6.45, 7) is 2.77. The number of amides is 2. The average Bonchev–Trinajstić information content (AvgIpc) is 3.01. The van der Waals surface area contributed by atoms with Crippen molar-refractivity contribution in [2.45, 2.75) is 25.8 Å². The van der Waals surface area contributed by atoms with Gasteiger partial charge >= 0.3 is 6.03 Å². The molecule has 1 fully saturated rings. The Hall–Kier alpha value is -2.07. The maximum absolute atomic E-state index is 13.2. The highest BCUT2D eigenvalue weighted by Crippen LogP contribution is 2.34. The van der Waals surface area contributed by atoms with Crippen LogP contribution in [-0.2, 0) is 0 Å². The maximum Gasteiger partial charge on any atom is 0.322 e. The van der Waals surface area contributed by atoms with Crippen LogP contribution in [0.4, 0.5) is 14.9 Å². The van der Waals surface area contributed by atoms with Crippen LogP contribution in [0.5, 0.6) is 0 Å². The molecule has 1 aliphatic rings. The Morgan fingerprint density at radius 3 is 2.83 bits per heavy atom. The normalized spacial score (nSPS) is 17.3. The van der Waals surface area contributed by atoms with E-state index in [0.717, 1.165) is 12.8 Å². The van der Waals surface area contributed by atoms with Gasteiger partial charge in [0.05, 0.1) is 11.1 Å². The minimum Gasteiger partial charge on any atom is -0.317 e. The van der Waals surface area contributed by atoms with Gasteiger partial charge in [-0.3, -0.25) is 0 Å². The number of hydrogen-bond donors (Lipinski definition) is 1. The van der Waals surface area contributed by atoms with Crippen molar-refractivity contribution in [3.8, 4) is 0 Å². The number of nitrogens with zero attached hydrogens (tertiary/aromatic N) is 1. The molecule has 1 unspecified atom stereocenters. The molecule has 1 saturated heterocycles. The van der Waals surface area contributed by atoms with E-state index in [1.807, 2.05) is 17.0 Å². The second-order valence-corrected chi connectivity index (χ2v) is 6.17. The van der Waals surface area contributed by atoms with Crippen molar-refractivity contribution in [2.75, 3.05) is 11.9 Å². The highest BCUT2D eigenvalue weighted by atomic mass is 35.5. The average molecular weight is 333 g/mol. The summed E-state index contributed by atoms with van der Waals surface area (Å²) in [5, 5.41) is 2.81. The summed E-state index contributed by atoms with van der Waals surface area (Å²) in [4.78, 5) is 14.4. The summed E-state index contributed by atoms with van der Waals surface area (Å²) < 4.78 is 13.2. The van der Waals surface area contributed by atoms with Crippen LogP contribution in [0.15, 0.2) is 42.5 Å². The van der Waals surface area contributed by atoms with Crippen LogP contribution >= 0.6 is 11.6 Å². The molecule has 0 bridgehead atoms. The SMILES string of the molecule is Cc1ccccc1C1CCCN1C(=O)Nc1ccc(F)c(Cl)c1. The first-order valence-corrected chi connectivity index (χ1v) is 8.02. The minimum absolute atomic E-state index is 0.000300. The predicted octanol–water partition coefficient (Wildman–Crippen LogP) is 5.16. The highest BCUT2D eigenvalue weighted by molar-refractivity contribution is 6.31. The number of halogens is 2. The van der Waals surface area contributed by atoms with Crippen LogP contribution in [0.3, 0.4) is 0 Å². The molecule has 0 aromatic heterocycles. The van der Waals surface area contributed by atoms with Gasteiger partial charge in [-0.1, -0.05) is 35.9 Å². The first-order chi connectivity index (χ1) is 11.1. The van der Waals surface area contributed by atoms with Gasteiger partial charge in [0.15, 0.2) is 0 Å². The molecule has 1 heterocycles. The number of anilines is 1. The Morgan fingerprint density at radius 1 is 1.30 bits per heavy atom. The maximum atomic E-state index is 13.2. The second-order valence-electron chi connectivity index (χ2n) is 5.77. The van der Waals surface area contributed by atoms with E-state index in [4.69, 9.17) is 11.6 Å². The second kappa shape index (κ2) is 6.59. The number of rotatable bonds is 2. The molecule has 1 N–H and O–H groups in total. The number of aryl methyl sites for hydroxylation is 1. The third-order valence-corrected chi connectivity index (χ3v) is 4.52. The van der Waals surface area contributed by atoms with E-state index in [-0.39, 0.29) is 17.1 Å². The van der Waals surface area contributed by atoms with E-state index < -0.39 is 5.82 Å². The van der Waals surface area contributed by atoms with Crippen molar-refractivity contribution in [2.24, 2.45) is 0 Å². The van der Waals surface area contributed by atoms with Crippen molar-refractivity contribution in [1.82, 2.24) is 4.90 Å². The fourth-order valence-corrected chi connectivity index (χ4v) is 3.24. The third-order valence-electron chi connectivity index (χ3n) is 4.23. The number of carbonyl (C=O) groups excluding carboxylic acids is 1. The van der Waals surface area contributed by atoms with Gasteiger partial charge in [0.2, 0.25) is 0 Å². The standard InChI is InChI=1S/C18H18ClFN2O/c1-12-5-2-3-6-14(12)17-7-4-10-22(17)18(23)21-13-8-9-16(20)15(19)11-13/h2-3,5-6,8-9,11,17H,4,7,10H2,1H3,(H,21,23). The topological polar surface area (TPSA) is 32.3 Å². The van der Waals surface area contributed by atoms with Crippen molar-refractivity contribution in [3.63, 3.8) is 0 Å². The number of hydrogen-bond acceptors (Lipinski definition) is 1. The molecule has 0 saturated carbocycles. The zero-order valence-corrected chi connectivity index (χ0v) is 13.6. The largest absolute Gasteiger partial charge is 0.322 e. The number of urea groups is 1. The van der Waals surface area contributed by atoms with E-state index in [2.05, 4.69) is 24.4 Å². The molecule has 2 aromatic rings. The molecule has 3 rings (SSSR count). The van der Waals surface area contributed by atoms with Gasteiger partial charge < -0.3 is 10.2 Å². The molecule has 3 nitrogen and oxygen atoms in total. The van der Waals surface area contributed by atoms with Gasteiger partial charge in [0.1, 0.15) is 5.82 Å². The van der Waals surface area contributed by atoms with E-state index >= 15 is 0 Å². The molecule has 1 atom stereocenters. The molecular weight excluding hydrogens is 315 g/mol. The van der Waals surface area contributed by atoms with Gasteiger partial charge in [-0.25, -0.2) is 9.18 Å². The summed E-state index contributed by atoms with van der Waals surface area (Å²) >= 11 is 5.76. The Labute approximate surface area is 140 Å². The van der Waals surface area contributed by atoms with Gasteiger partial charge in [0, 0.05) is 12.2 Å². The molecule has 2 amide bonds. The van der Waals surface area contributed by atoms with Crippen LogP contribution in [0.2, 0.25) is 5.02 Å². The summed E-state index contributed by atoms with van der Waals surface area (Å²) in [5.41, 5.74) is 2.86. The molecule has 120 valence electrons. The van der Waals surface area contributed by atoms with Crippen LogP contribution in [-0.4, -0.2) is 17.5 Å². The number of nitrogens with one attached hydrogen (secondary N) is 1. The Balaban J connectivity index is 1.78. The van der Waals surface area contributed by atoms with Crippen LogP contribution in [0, 0.1) is 12.7 Å². The molecule has 23 heavy (non-hydrogen) atoms. The lowest BCUT2D eigenvalue weighted by molar-refractivity contribution is 0.207. The Kier molecular flexibility index (Phi) is 4.53. The zero-order chi connectivity index (χ0) is 16.4. The minimum atomic E-state index is -0.497. The van der Waals surface area contributed by atoms with E-state index in [0.29, 0.717) is 12.2 Å². The molecule has 0 spiro atoms. The van der Waals surface area contributed by atoms with Crippen molar-refractivity contribution in [1.29, 1.82) is 0 Å². The fraction of sp³-hybridized carbons (Fsp3) is 0.278. The molecular formula is C18H18ClFN2O. The van der Waals surface area contributed by atoms with Crippen LogP contribution < -0.4 is 5.32 Å². The monoisotopic (exact) mass is 332 g/mol. The lowest BCUT2D eigenvalue weighted by Gasteiger charge is -2.26. The molecule has 0 aliphatic carbocycles. The van der Waals surface area contributed by atoms with Gasteiger partial charge in [-0.2, -0.15) is 0 Å². The van der Waals surface area contributed by atoms with Crippen molar-refractivity contribution < 1.29 is 9.18 Å². The summed E-state index contributed by atoms with van der Waals surface area (Å²) in [6, 6.07) is 12.2. The summed E-state index contributed by atoms with van der Waals surface area (Å²) in [6.07, 6.45) is 1.92. The van der Waals surface area contributed by atoms with E-state index in [1.54, 1.807) is 0 Å². The molecule has 2 aromatic carbocycles. The third kappa shape index (κ3) is 3.32. The smallest absolute Gasteiger partial charge is 0.317 e. The lowest BCUT2D eigenvalue weighted by Crippen LogP contribution is -2.34. The zero-order valence-electron chi connectivity index (χ0n) is 12.9. The van der Waals surface area contributed by atoms with E-state index in [1.165, 1.54) is 29.3 Å². The number of likely N-dealkylation sites (tertiary alicyclic amines) is 1. The van der Waals surface area contributed by atoms with Gasteiger partial charge in [-0.15, -0.1) is 0 Å². The fourth-order valence-electron chi connectivity index (χ4n) is 3.06. The lowest BCUT2D eigenvalue weighted by atomic mass is 9.99. The molecule has 1 aliphatic heterocycles. The van der Waals surface area contributed by atoms with Crippen molar-refractivity contribution >= 4 is 23.3 Å². The van der Waals surface area contributed by atoms with Gasteiger partial charge in [-0.05, 0) is 49.1 Å². The highest BCUT2D eigenvalue weighted by Gasteiger charge is 2.30. The first-order valence-electron chi connectivity index (χ1n) is 7.64. The Morgan fingerprint density at radius 2 is 2.09 bits per heavy atom. The Bertz CT molecular complexity index is 735. The predicted molar refractivity (Wildman–Crippen MR) is 90.3 cm³/mol. The molecule has 5 heteroatoms. The quantitative estimate of drug-likeness (QED) is 0.809. The van der Waals surface area contributed by atoms with Crippen molar-refractivity contribution in [3.05, 3.63) is 64.4 Å².